The van der Waals surface area contributed by atoms with E-state index in [-0.39, 0.29) is 18.5 Å². The number of benzene rings is 1. The molecule has 0 aliphatic rings. The van der Waals surface area contributed by atoms with E-state index in [1.54, 1.807) is 37.3 Å². The fourth-order valence-corrected chi connectivity index (χ4v) is 2.40. The van der Waals surface area contributed by atoms with Gasteiger partial charge in [-0.2, -0.15) is 0 Å². The van der Waals surface area contributed by atoms with Gasteiger partial charge in [-0.1, -0.05) is 16.8 Å². The first kappa shape index (κ1) is 20.7. The van der Waals surface area contributed by atoms with E-state index in [4.69, 9.17) is 20.9 Å². The van der Waals surface area contributed by atoms with Gasteiger partial charge in [0.2, 0.25) is 5.91 Å². The van der Waals surface area contributed by atoms with Crippen LogP contribution in [0.2, 0.25) is 5.02 Å². The SMILES string of the molecule is CCOCCCN(CC(=O)Nc1cc(C)on1)C(=O)Nc1ccc(Cl)cc1. The standard InChI is InChI=1S/C18H23ClN4O4/c1-3-26-10-4-9-23(12-17(24)21-16-11-13(2)27-22-16)18(25)20-15-7-5-14(19)6-8-15/h5-8,11H,3-4,9-10,12H2,1-2H3,(H,20,25)(H,21,22,24). The molecule has 0 bridgehead atoms. The number of rotatable bonds is 9. The summed E-state index contributed by atoms with van der Waals surface area (Å²) in [5.41, 5.74) is 0.590. The predicted molar refractivity (Wildman–Crippen MR) is 103 cm³/mol. The van der Waals surface area contributed by atoms with E-state index >= 15 is 0 Å². The first-order chi connectivity index (χ1) is 13.0. The Morgan fingerprint density at radius 3 is 2.63 bits per heavy atom. The summed E-state index contributed by atoms with van der Waals surface area (Å²) in [4.78, 5) is 26.3. The molecule has 0 spiro atoms. The molecule has 0 aliphatic heterocycles. The fourth-order valence-electron chi connectivity index (χ4n) is 2.27. The van der Waals surface area contributed by atoms with Gasteiger partial charge in [-0.25, -0.2) is 4.79 Å². The van der Waals surface area contributed by atoms with Crippen LogP contribution in [-0.4, -0.2) is 48.3 Å². The van der Waals surface area contributed by atoms with E-state index < -0.39 is 0 Å². The van der Waals surface area contributed by atoms with E-state index in [1.165, 1.54) is 4.90 Å². The molecule has 0 radical (unpaired) electrons. The lowest BCUT2D eigenvalue weighted by atomic mass is 10.3. The molecule has 9 heteroatoms. The highest BCUT2D eigenvalue weighted by molar-refractivity contribution is 6.30. The normalized spacial score (nSPS) is 10.5. The molecule has 2 N–H and O–H groups in total. The molecule has 0 saturated heterocycles. The highest BCUT2D eigenvalue weighted by Gasteiger charge is 2.18. The summed E-state index contributed by atoms with van der Waals surface area (Å²) in [6.45, 7) is 4.97. The van der Waals surface area contributed by atoms with E-state index in [2.05, 4.69) is 15.8 Å². The lowest BCUT2D eigenvalue weighted by Gasteiger charge is -2.22. The monoisotopic (exact) mass is 394 g/mol. The summed E-state index contributed by atoms with van der Waals surface area (Å²) >= 11 is 5.85. The van der Waals surface area contributed by atoms with Crippen LogP contribution in [-0.2, 0) is 9.53 Å². The van der Waals surface area contributed by atoms with Crippen LogP contribution in [0.15, 0.2) is 34.9 Å². The van der Waals surface area contributed by atoms with Crippen molar-refractivity contribution >= 4 is 35.0 Å². The smallest absolute Gasteiger partial charge is 0.322 e. The van der Waals surface area contributed by atoms with Gasteiger partial charge >= 0.3 is 6.03 Å². The topological polar surface area (TPSA) is 96.7 Å². The molecule has 2 aromatic rings. The van der Waals surface area contributed by atoms with Crippen molar-refractivity contribution in [1.82, 2.24) is 10.1 Å². The zero-order chi connectivity index (χ0) is 19.6. The number of halogens is 1. The van der Waals surface area contributed by atoms with Gasteiger partial charge in [0, 0.05) is 36.5 Å². The minimum absolute atomic E-state index is 0.128. The molecule has 0 saturated carbocycles. The summed E-state index contributed by atoms with van der Waals surface area (Å²) in [6, 6.07) is 7.95. The molecule has 1 aromatic carbocycles. The highest BCUT2D eigenvalue weighted by atomic mass is 35.5. The molecular weight excluding hydrogens is 372 g/mol. The number of urea groups is 1. The van der Waals surface area contributed by atoms with Gasteiger partial charge in [-0.15, -0.1) is 0 Å². The van der Waals surface area contributed by atoms with Crippen molar-refractivity contribution in [1.29, 1.82) is 0 Å². The maximum Gasteiger partial charge on any atom is 0.322 e. The van der Waals surface area contributed by atoms with Crippen LogP contribution < -0.4 is 10.6 Å². The maximum atomic E-state index is 12.6. The fraction of sp³-hybridized carbons (Fsp3) is 0.389. The van der Waals surface area contributed by atoms with Gasteiger partial charge in [-0.3, -0.25) is 4.79 Å². The Kier molecular flexibility index (Phi) is 8.09. The van der Waals surface area contributed by atoms with Gasteiger partial charge < -0.3 is 24.8 Å². The number of hydrogen-bond donors (Lipinski definition) is 2. The van der Waals surface area contributed by atoms with E-state index in [0.717, 1.165) is 0 Å². The number of hydrogen-bond acceptors (Lipinski definition) is 5. The van der Waals surface area contributed by atoms with Crippen molar-refractivity contribution < 1.29 is 18.8 Å². The molecule has 0 unspecified atom stereocenters. The molecule has 2 rings (SSSR count). The van der Waals surface area contributed by atoms with Gasteiger partial charge in [0.15, 0.2) is 5.82 Å². The van der Waals surface area contributed by atoms with E-state index in [9.17, 15) is 9.59 Å². The second-order valence-electron chi connectivity index (χ2n) is 5.78. The zero-order valence-electron chi connectivity index (χ0n) is 15.3. The third kappa shape index (κ3) is 7.28. The van der Waals surface area contributed by atoms with Crippen molar-refractivity contribution in [3.63, 3.8) is 0 Å². The molecule has 27 heavy (non-hydrogen) atoms. The molecule has 0 aliphatic carbocycles. The zero-order valence-corrected chi connectivity index (χ0v) is 16.1. The lowest BCUT2D eigenvalue weighted by molar-refractivity contribution is -0.116. The second-order valence-corrected chi connectivity index (χ2v) is 6.22. The van der Waals surface area contributed by atoms with Crippen LogP contribution >= 0.6 is 11.6 Å². The Bertz CT molecular complexity index is 748. The lowest BCUT2D eigenvalue weighted by Crippen LogP contribution is -2.41. The van der Waals surface area contributed by atoms with Crippen molar-refractivity contribution in [3.05, 3.63) is 41.1 Å². The molecular formula is C18H23ClN4O4. The van der Waals surface area contributed by atoms with Gasteiger partial charge in [0.1, 0.15) is 12.3 Å². The van der Waals surface area contributed by atoms with Gasteiger partial charge in [-0.05, 0) is 44.5 Å². The number of nitrogens with one attached hydrogen (secondary N) is 2. The molecule has 1 heterocycles. The average molecular weight is 395 g/mol. The number of nitrogens with zero attached hydrogens (tertiary/aromatic N) is 2. The summed E-state index contributed by atoms with van der Waals surface area (Å²) in [7, 11) is 0. The maximum absolute atomic E-state index is 12.6. The Morgan fingerprint density at radius 2 is 2.00 bits per heavy atom. The van der Waals surface area contributed by atoms with Gasteiger partial charge in [0.05, 0.1) is 0 Å². The largest absolute Gasteiger partial charge is 0.382 e. The van der Waals surface area contributed by atoms with E-state index in [0.29, 0.717) is 48.5 Å². The predicted octanol–water partition coefficient (Wildman–Crippen LogP) is 3.54. The van der Waals surface area contributed by atoms with Crippen molar-refractivity contribution in [2.75, 3.05) is 36.9 Å². The van der Waals surface area contributed by atoms with Gasteiger partial charge in [0.25, 0.3) is 0 Å². The summed E-state index contributed by atoms with van der Waals surface area (Å²) in [5, 5.41) is 9.65. The molecule has 146 valence electrons. The Labute approximate surface area is 162 Å². The first-order valence-electron chi connectivity index (χ1n) is 8.60. The number of carbonyl (C=O) groups is 2. The third-order valence-electron chi connectivity index (χ3n) is 3.53. The number of carbonyl (C=O) groups excluding carboxylic acids is 2. The van der Waals surface area contributed by atoms with E-state index in [1.807, 2.05) is 6.92 Å². The van der Waals surface area contributed by atoms with Crippen LogP contribution in [0.3, 0.4) is 0 Å². The van der Waals surface area contributed by atoms with Crippen LogP contribution in [0, 0.1) is 6.92 Å². The quantitative estimate of drug-likeness (QED) is 0.634. The van der Waals surface area contributed by atoms with Crippen molar-refractivity contribution in [2.24, 2.45) is 0 Å². The first-order valence-corrected chi connectivity index (χ1v) is 8.98. The van der Waals surface area contributed by atoms with Crippen LogP contribution in [0.1, 0.15) is 19.1 Å². The average Bonchev–Trinajstić information content (AvgIpc) is 3.04. The van der Waals surface area contributed by atoms with Crippen molar-refractivity contribution in [3.8, 4) is 0 Å². The number of amides is 3. The highest BCUT2D eigenvalue weighted by Crippen LogP contribution is 2.14. The summed E-state index contributed by atoms with van der Waals surface area (Å²) < 4.78 is 10.2. The number of aryl methyl sites for hydroxylation is 1. The Hall–Kier alpha value is -2.58. The van der Waals surface area contributed by atoms with Crippen molar-refractivity contribution in [2.45, 2.75) is 20.3 Å². The second kappa shape index (κ2) is 10.5. The molecule has 8 nitrogen and oxygen atoms in total. The third-order valence-corrected chi connectivity index (χ3v) is 3.79. The minimum atomic E-state index is -0.389. The number of anilines is 2. The summed E-state index contributed by atoms with van der Waals surface area (Å²) in [6.07, 6.45) is 0.609. The van der Waals surface area contributed by atoms with Crippen LogP contribution in [0.5, 0.6) is 0 Å². The molecule has 0 fully saturated rings. The molecule has 0 atom stereocenters. The number of aromatic nitrogens is 1. The number of ether oxygens (including phenoxy) is 1. The molecule has 1 aromatic heterocycles. The Balaban J connectivity index is 1.96. The van der Waals surface area contributed by atoms with Crippen LogP contribution in [0.4, 0.5) is 16.3 Å². The molecule has 3 amide bonds. The minimum Gasteiger partial charge on any atom is -0.382 e. The summed E-state index contributed by atoms with van der Waals surface area (Å²) in [5.74, 6) is 0.523. The Morgan fingerprint density at radius 1 is 1.26 bits per heavy atom. The van der Waals surface area contributed by atoms with Crippen LogP contribution in [0.25, 0.3) is 0 Å².